The highest BCUT2D eigenvalue weighted by Crippen LogP contribution is 2.25. The Morgan fingerprint density at radius 3 is 2.79 bits per heavy atom. The summed E-state index contributed by atoms with van der Waals surface area (Å²) in [6.07, 6.45) is 2.80. The molecule has 0 aliphatic carbocycles. The predicted molar refractivity (Wildman–Crippen MR) is 74.5 cm³/mol. The first-order chi connectivity index (χ1) is 9.13. The normalized spacial score (nSPS) is 12.6. The molecule has 0 amide bonds. The molecule has 0 bridgehead atoms. The van der Waals surface area contributed by atoms with E-state index in [1.54, 1.807) is 12.3 Å². The molecule has 1 aromatic carbocycles. The molecule has 1 aromatic heterocycles. The van der Waals surface area contributed by atoms with Crippen molar-refractivity contribution in [1.29, 1.82) is 0 Å². The minimum Gasteiger partial charge on any atom is -0.305 e. The van der Waals surface area contributed by atoms with Gasteiger partial charge < -0.3 is 5.32 Å². The summed E-state index contributed by atoms with van der Waals surface area (Å²) in [5.41, 5.74) is 3.09. The average Bonchev–Trinajstić information content (AvgIpc) is 2.80. The third-order valence-electron chi connectivity index (χ3n) is 3.31. The Morgan fingerprint density at radius 2 is 2.16 bits per heavy atom. The van der Waals surface area contributed by atoms with Crippen LogP contribution in [0.1, 0.15) is 36.2 Å². The fourth-order valence-electron chi connectivity index (χ4n) is 2.25. The van der Waals surface area contributed by atoms with Gasteiger partial charge in [0.05, 0.1) is 11.7 Å². The number of nitrogens with zero attached hydrogens (tertiary/aromatic N) is 2. The van der Waals surface area contributed by atoms with E-state index < -0.39 is 0 Å². The van der Waals surface area contributed by atoms with E-state index in [1.165, 1.54) is 6.07 Å². The van der Waals surface area contributed by atoms with Crippen molar-refractivity contribution in [2.45, 2.75) is 26.3 Å². The van der Waals surface area contributed by atoms with Gasteiger partial charge in [0.1, 0.15) is 5.82 Å². The van der Waals surface area contributed by atoms with Gasteiger partial charge in [0.25, 0.3) is 0 Å². The van der Waals surface area contributed by atoms with E-state index in [0.717, 1.165) is 29.8 Å². The van der Waals surface area contributed by atoms with Crippen LogP contribution < -0.4 is 5.32 Å². The van der Waals surface area contributed by atoms with E-state index in [-0.39, 0.29) is 11.9 Å². The standard InChI is InChI=1S/C15H20FN3/c1-4-8-17-15(14-7-9-18-19(14)3)13-10-12(16)6-5-11(13)2/h5-7,9-10,15,17H,4,8H2,1-3H3. The molecule has 0 saturated heterocycles. The van der Waals surface area contributed by atoms with Crippen molar-refractivity contribution in [3.05, 3.63) is 53.1 Å². The summed E-state index contributed by atoms with van der Waals surface area (Å²) in [5, 5.41) is 7.68. The molecular formula is C15H20FN3. The molecule has 4 heteroatoms. The fraction of sp³-hybridized carbons (Fsp3) is 0.400. The number of halogens is 1. The molecule has 0 fully saturated rings. The van der Waals surface area contributed by atoms with Crippen molar-refractivity contribution >= 4 is 0 Å². The molecule has 0 spiro atoms. The Morgan fingerprint density at radius 1 is 1.37 bits per heavy atom. The third-order valence-corrected chi connectivity index (χ3v) is 3.31. The van der Waals surface area contributed by atoms with E-state index in [9.17, 15) is 4.39 Å². The lowest BCUT2D eigenvalue weighted by Crippen LogP contribution is -2.26. The first-order valence-electron chi connectivity index (χ1n) is 6.60. The number of aromatic nitrogens is 2. The smallest absolute Gasteiger partial charge is 0.123 e. The van der Waals surface area contributed by atoms with Crippen molar-refractivity contribution in [3.8, 4) is 0 Å². The number of nitrogens with one attached hydrogen (secondary N) is 1. The van der Waals surface area contributed by atoms with Crippen LogP contribution in [0, 0.1) is 12.7 Å². The molecule has 102 valence electrons. The first-order valence-corrected chi connectivity index (χ1v) is 6.60. The lowest BCUT2D eigenvalue weighted by molar-refractivity contribution is 0.546. The van der Waals surface area contributed by atoms with Crippen LogP contribution in [0.4, 0.5) is 4.39 Å². The molecule has 3 nitrogen and oxygen atoms in total. The zero-order valence-electron chi connectivity index (χ0n) is 11.7. The quantitative estimate of drug-likeness (QED) is 0.896. The van der Waals surface area contributed by atoms with E-state index >= 15 is 0 Å². The number of benzene rings is 1. The molecule has 1 N–H and O–H groups in total. The van der Waals surface area contributed by atoms with Gasteiger partial charge in [-0.15, -0.1) is 0 Å². The summed E-state index contributed by atoms with van der Waals surface area (Å²) in [7, 11) is 1.91. The molecule has 0 saturated carbocycles. The molecule has 2 rings (SSSR count). The monoisotopic (exact) mass is 261 g/mol. The van der Waals surface area contributed by atoms with Gasteiger partial charge in [0.15, 0.2) is 0 Å². The molecule has 0 radical (unpaired) electrons. The topological polar surface area (TPSA) is 29.9 Å². The Bertz CT molecular complexity index is 548. The molecular weight excluding hydrogens is 241 g/mol. The summed E-state index contributed by atoms with van der Waals surface area (Å²) in [6, 6.07) is 6.87. The van der Waals surface area contributed by atoms with E-state index in [4.69, 9.17) is 0 Å². The van der Waals surface area contributed by atoms with Gasteiger partial charge in [-0.05, 0) is 49.2 Å². The van der Waals surface area contributed by atoms with Crippen molar-refractivity contribution < 1.29 is 4.39 Å². The van der Waals surface area contributed by atoms with Crippen LogP contribution in [-0.4, -0.2) is 16.3 Å². The molecule has 2 aromatic rings. The van der Waals surface area contributed by atoms with Gasteiger partial charge in [-0.1, -0.05) is 13.0 Å². The molecule has 1 heterocycles. The van der Waals surface area contributed by atoms with Gasteiger partial charge in [-0.25, -0.2) is 4.39 Å². The van der Waals surface area contributed by atoms with E-state index in [1.807, 2.05) is 30.8 Å². The van der Waals surface area contributed by atoms with Crippen LogP contribution in [0.25, 0.3) is 0 Å². The number of aryl methyl sites for hydroxylation is 2. The Labute approximate surface area is 113 Å². The maximum Gasteiger partial charge on any atom is 0.123 e. The second-order valence-electron chi connectivity index (χ2n) is 4.77. The molecule has 0 aliphatic heterocycles. The molecule has 0 aliphatic rings. The summed E-state index contributed by atoms with van der Waals surface area (Å²) in [4.78, 5) is 0. The van der Waals surface area contributed by atoms with Crippen molar-refractivity contribution in [2.75, 3.05) is 6.54 Å². The minimum absolute atomic E-state index is 0.0249. The lowest BCUT2D eigenvalue weighted by atomic mass is 9.98. The summed E-state index contributed by atoms with van der Waals surface area (Å²) in [6.45, 7) is 5.00. The zero-order valence-corrected chi connectivity index (χ0v) is 11.7. The van der Waals surface area contributed by atoms with Gasteiger partial charge in [0.2, 0.25) is 0 Å². The molecule has 1 unspecified atom stereocenters. The van der Waals surface area contributed by atoms with E-state index in [2.05, 4.69) is 17.3 Å². The SMILES string of the molecule is CCCNC(c1cc(F)ccc1C)c1ccnn1C. The Kier molecular flexibility index (Phi) is 4.32. The molecule has 1 atom stereocenters. The predicted octanol–water partition coefficient (Wildman–Crippen LogP) is 2.96. The van der Waals surface area contributed by atoms with Crippen molar-refractivity contribution in [3.63, 3.8) is 0 Å². The van der Waals surface area contributed by atoms with Gasteiger partial charge in [0, 0.05) is 13.2 Å². The maximum absolute atomic E-state index is 13.5. The maximum atomic E-state index is 13.5. The number of hydrogen-bond donors (Lipinski definition) is 1. The Hall–Kier alpha value is -1.68. The fourth-order valence-corrected chi connectivity index (χ4v) is 2.25. The number of hydrogen-bond acceptors (Lipinski definition) is 2. The van der Waals surface area contributed by atoms with Crippen molar-refractivity contribution in [2.24, 2.45) is 7.05 Å². The second kappa shape index (κ2) is 5.97. The number of rotatable bonds is 5. The van der Waals surface area contributed by atoms with Crippen LogP contribution in [0.15, 0.2) is 30.5 Å². The summed E-state index contributed by atoms with van der Waals surface area (Å²) in [5.74, 6) is -0.203. The highest BCUT2D eigenvalue weighted by molar-refractivity contribution is 5.34. The third kappa shape index (κ3) is 3.01. The zero-order chi connectivity index (χ0) is 13.8. The van der Waals surface area contributed by atoms with Gasteiger partial charge in [-0.3, -0.25) is 4.68 Å². The van der Waals surface area contributed by atoms with Crippen molar-refractivity contribution in [1.82, 2.24) is 15.1 Å². The van der Waals surface area contributed by atoms with E-state index in [0.29, 0.717) is 0 Å². The highest BCUT2D eigenvalue weighted by atomic mass is 19.1. The summed E-state index contributed by atoms with van der Waals surface area (Å²) >= 11 is 0. The summed E-state index contributed by atoms with van der Waals surface area (Å²) < 4.78 is 15.4. The van der Waals surface area contributed by atoms with Crippen LogP contribution in [0.5, 0.6) is 0 Å². The first kappa shape index (κ1) is 13.7. The van der Waals surface area contributed by atoms with Crippen LogP contribution in [0.2, 0.25) is 0 Å². The van der Waals surface area contributed by atoms with Crippen LogP contribution in [0.3, 0.4) is 0 Å². The van der Waals surface area contributed by atoms with Gasteiger partial charge >= 0.3 is 0 Å². The largest absolute Gasteiger partial charge is 0.305 e. The highest BCUT2D eigenvalue weighted by Gasteiger charge is 2.18. The molecule has 19 heavy (non-hydrogen) atoms. The second-order valence-corrected chi connectivity index (χ2v) is 4.77. The van der Waals surface area contributed by atoms with Crippen LogP contribution >= 0.6 is 0 Å². The average molecular weight is 261 g/mol. The minimum atomic E-state index is -0.203. The Balaban J connectivity index is 2.42. The van der Waals surface area contributed by atoms with Gasteiger partial charge in [-0.2, -0.15) is 5.10 Å². The van der Waals surface area contributed by atoms with Crippen LogP contribution in [-0.2, 0) is 7.05 Å². The lowest BCUT2D eigenvalue weighted by Gasteiger charge is -2.21.